The molecule has 0 radical (unpaired) electrons. The number of aromatic nitrogens is 6. The first kappa shape index (κ1) is 39.2. The largest absolute Gasteiger partial charge is 0.476 e. The number of carboxylic acids is 1. The van der Waals surface area contributed by atoms with Gasteiger partial charge in [-0.25, -0.2) is 14.8 Å². The molecule has 15 nitrogen and oxygen atoms in total. The Morgan fingerprint density at radius 3 is 2.39 bits per heavy atom. The van der Waals surface area contributed by atoms with Crippen LogP contribution in [0, 0.1) is 30.1 Å². The molecule has 4 saturated carbocycles. The molecular weight excluding hydrogens is 769 g/mol. The molecule has 4 aliphatic carbocycles. The van der Waals surface area contributed by atoms with Crippen LogP contribution in [-0.2, 0) is 21.4 Å². The van der Waals surface area contributed by atoms with Gasteiger partial charge in [0.15, 0.2) is 16.6 Å². The highest BCUT2D eigenvalue weighted by molar-refractivity contribution is 7.85. The van der Waals surface area contributed by atoms with E-state index in [2.05, 4.69) is 44.6 Å². The Morgan fingerprint density at radius 1 is 0.930 bits per heavy atom. The summed E-state index contributed by atoms with van der Waals surface area (Å²) in [5, 5.41) is 30.4. The minimum Gasteiger partial charge on any atom is -0.476 e. The summed E-state index contributed by atoms with van der Waals surface area (Å²) in [5.41, 5.74) is 2.82. The number of fused-ring (bicyclic) bond motifs is 1. The average molecular weight is 815 g/mol. The highest BCUT2D eigenvalue weighted by Crippen LogP contribution is 2.72. The van der Waals surface area contributed by atoms with Crippen molar-refractivity contribution in [3.05, 3.63) is 77.0 Å². The van der Waals surface area contributed by atoms with Crippen molar-refractivity contribution in [2.24, 2.45) is 16.2 Å². The Labute approximate surface area is 334 Å². The summed E-state index contributed by atoms with van der Waals surface area (Å²) in [6.45, 7) is 10.2. The van der Waals surface area contributed by atoms with Crippen molar-refractivity contribution in [1.82, 2.24) is 35.3 Å². The predicted octanol–water partition coefficient (Wildman–Crippen LogP) is 6.25. The van der Waals surface area contributed by atoms with E-state index in [-0.39, 0.29) is 51.2 Å². The number of pyridine rings is 1. The van der Waals surface area contributed by atoms with Crippen molar-refractivity contribution in [2.75, 3.05) is 30.8 Å². The number of ether oxygens (including phenoxy) is 1. The van der Waals surface area contributed by atoms with E-state index in [1.807, 2.05) is 35.9 Å². The number of hydrogen-bond acceptors (Lipinski definition) is 13. The van der Waals surface area contributed by atoms with Gasteiger partial charge in [0.05, 0.1) is 34.4 Å². The van der Waals surface area contributed by atoms with Gasteiger partial charge in [-0.3, -0.25) is 14.0 Å². The lowest BCUT2D eigenvalue weighted by atomic mass is 9.39. The van der Waals surface area contributed by atoms with Crippen molar-refractivity contribution in [1.29, 1.82) is 0 Å². The highest BCUT2D eigenvalue weighted by Gasteiger charge is 2.66. The Morgan fingerprint density at radius 2 is 1.68 bits per heavy atom. The average Bonchev–Trinajstić information content (AvgIpc) is 3.69. The van der Waals surface area contributed by atoms with Gasteiger partial charge in [-0.2, -0.15) is 13.5 Å². The van der Waals surface area contributed by atoms with Gasteiger partial charge in [-0.1, -0.05) is 37.3 Å². The molecule has 4 aromatic heterocycles. The van der Waals surface area contributed by atoms with Crippen molar-refractivity contribution in [2.45, 2.75) is 78.4 Å². The Bertz CT molecular complexity index is 2470. The first-order valence-electron chi connectivity index (χ1n) is 19.0. The lowest BCUT2D eigenvalue weighted by Gasteiger charge is -2.69. The van der Waals surface area contributed by atoms with Gasteiger partial charge < -0.3 is 20.5 Å². The van der Waals surface area contributed by atoms with Crippen LogP contribution in [0.5, 0.6) is 0 Å². The van der Waals surface area contributed by atoms with E-state index in [4.69, 9.17) is 14.4 Å². The van der Waals surface area contributed by atoms with Gasteiger partial charge in [0.25, 0.3) is 10.1 Å². The lowest BCUT2D eigenvalue weighted by molar-refractivity contribution is -0.247. The van der Waals surface area contributed by atoms with E-state index in [1.165, 1.54) is 17.4 Å². The second-order valence-corrected chi connectivity index (χ2v) is 19.8. The van der Waals surface area contributed by atoms with Crippen LogP contribution < -0.4 is 10.6 Å². The van der Waals surface area contributed by atoms with Crippen LogP contribution in [0.25, 0.3) is 21.3 Å². The van der Waals surface area contributed by atoms with Gasteiger partial charge in [0.1, 0.15) is 11.4 Å². The number of carbonyl (C=O) groups excluding carboxylic acids is 1. The Kier molecular flexibility index (Phi) is 9.83. The number of ketones is 1. The zero-order valence-corrected chi connectivity index (χ0v) is 34.0. The predicted molar refractivity (Wildman–Crippen MR) is 215 cm³/mol. The van der Waals surface area contributed by atoms with Crippen LogP contribution >= 0.6 is 11.3 Å². The third kappa shape index (κ3) is 7.95. The standard InChI is InChI=1S/C40H46N8O7S2/c1-24-15-30(46-47-34(24)45-36-44-28-7-5-6-8-31(28)56-36)33(49)29-10-9-26(32(43-29)35(50)51)27-16-42-48(25(27)2)23-39-18-37(3)17-38(4,19-39)21-40(20-37,22-39)55-13-11-41-12-14-57(52,53)54/h5-10,15-16,41H,11-14,17-23H2,1-4H3,(H,50,51)(H,44,45,47)(H,52,53,54). The molecule has 4 heterocycles. The van der Waals surface area contributed by atoms with Crippen LogP contribution in [0.15, 0.2) is 48.7 Å². The molecule has 300 valence electrons. The van der Waals surface area contributed by atoms with Crippen molar-refractivity contribution >= 4 is 54.4 Å². The third-order valence-corrected chi connectivity index (χ3v) is 13.5. The number of hydrogen-bond donors (Lipinski definition) is 4. The molecule has 17 heteroatoms. The minimum atomic E-state index is -4.02. The summed E-state index contributed by atoms with van der Waals surface area (Å²) in [6.07, 6.45) is 7.65. The number of nitrogens with one attached hydrogen (secondary N) is 2. The Hall–Kier alpha value is -4.68. The SMILES string of the molecule is Cc1cc(C(=O)c2ccc(-c3cnn(CC45CC6(C)CC(C)(C4)CC(OCCNCCS(=O)(=O)O)(C6)C5)c3C)c(C(=O)O)n2)nnc1Nc1nc2ccccc2s1. The number of benzene rings is 1. The zero-order valence-electron chi connectivity index (χ0n) is 32.3. The molecule has 1 aromatic carbocycles. The van der Waals surface area contributed by atoms with Gasteiger partial charge in [-0.15, -0.1) is 10.2 Å². The van der Waals surface area contributed by atoms with E-state index < -0.39 is 21.9 Å². The molecule has 2 unspecified atom stereocenters. The summed E-state index contributed by atoms with van der Waals surface area (Å²) in [4.78, 5) is 35.2. The number of aromatic carboxylic acids is 1. The summed E-state index contributed by atoms with van der Waals surface area (Å²) < 4.78 is 40.9. The van der Waals surface area contributed by atoms with Gasteiger partial charge in [0.2, 0.25) is 5.78 Å². The molecular formula is C40H46N8O7S2. The van der Waals surface area contributed by atoms with Gasteiger partial charge in [0, 0.05) is 36.5 Å². The van der Waals surface area contributed by atoms with Crippen LogP contribution in [-0.4, -0.2) is 90.8 Å². The second kappa shape index (κ2) is 14.3. The molecule has 4 fully saturated rings. The molecule has 0 aliphatic heterocycles. The maximum Gasteiger partial charge on any atom is 0.355 e. The molecule has 5 aromatic rings. The molecule has 4 N–H and O–H groups in total. The molecule has 0 amide bonds. The third-order valence-electron chi connectivity index (χ3n) is 11.8. The van der Waals surface area contributed by atoms with E-state index in [0.29, 0.717) is 47.3 Å². The van der Waals surface area contributed by atoms with E-state index >= 15 is 0 Å². The maximum absolute atomic E-state index is 13.6. The number of anilines is 2. The van der Waals surface area contributed by atoms with Crippen LogP contribution in [0.4, 0.5) is 10.9 Å². The van der Waals surface area contributed by atoms with Crippen molar-refractivity contribution in [3.8, 4) is 11.1 Å². The number of para-hydroxylation sites is 1. The monoisotopic (exact) mass is 814 g/mol. The second-order valence-electron chi connectivity index (χ2n) is 17.2. The number of nitrogens with zero attached hydrogens (tertiary/aromatic N) is 6. The maximum atomic E-state index is 13.6. The topological polar surface area (TPSA) is 211 Å². The smallest absolute Gasteiger partial charge is 0.355 e. The number of thiazole rings is 1. The van der Waals surface area contributed by atoms with Crippen molar-refractivity contribution in [3.63, 3.8) is 0 Å². The van der Waals surface area contributed by atoms with E-state index in [0.717, 1.165) is 54.4 Å². The summed E-state index contributed by atoms with van der Waals surface area (Å²) >= 11 is 1.48. The highest BCUT2D eigenvalue weighted by atomic mass is 32.2. The van der Waals surface area contributed by atoms with Crippen LogP contribution in [0.2, 0.25) is 0 Å². The first-order valence-corrected chi connectivity index (χ1v) is 21.5. The molecule has 2 atom stereocenters. The number of aryl methyl sites for hydroxylation is 1. The molecule has 4 bridgehead atoms. The molecule has 57 heavy (non-hydrogen) atoms. The summed E-state index contributed by atoms with van der Waals surface area (Å²) in [5.74, 6) is -1.70. The van der Waals surface area contributed by atoms with Gasteiger partial charge >= 0.3 is 5.97 Å². The minimum absolute atomic E-state index is 0.0380. The van der Waals surface area contributed by atoms with Crippen LogP contribution in [0.1, 0.15) is 90.3 Å². The zero-order chi connectivity index (χ0) is 40.4. The Balaban J connectivity index is 0.992. The molecule has 0 saturated heterocycles. The normalized spacial score (nSPS) is 25.3. The fourth-order valence-corrected chi connectivity index (χ4v) is 12.1. The van der Waals surface area contributed by atoms with Crippen molar-refractivity contribution < 1.29 is 32.4 Å². The first-order chi connectivity index (χ1) is 26.9. The summed E-state index contributed by atoms with van der Waals surface area (Å²) in [6, 6.07) is 12.5. The number of rotatable bonds is 15. The van der Waals surface area contributed by atoms with Gasteiger partial charge in [-0.05, 0) is 105 Å². The fourth-order valence-electron chi connectivity index (χ4n) is 10.8. The van der Waals surface area contributed by atoms with E-state index in [1.54, 1.807) is 25.3 Å². The van der Waals surface area contributed by atoms with E-state index in [9.17, 15) is 23.1 Å². The summed E-state index contributed by atoms with van der Waals surface area (Å²) in [7, 11) is -4.02. The quantitative estimate of drug-likeness (QED) is 0.0523. The van der Waals surface area contributed by atoms with Crippen LogP contribution in [0.3, 0.4) is 0 Å². The number of carbonyl (C=O) groups is 2. The molecule has 0 spiro atoms. The number of carboxylic acid groups (broad SMARTS) is 1. The lowest BCUT2D eigenvalue weighted by Crippen LogP contribution is -2.64. The molecule has 4 aliphatic rings. The molecule has 9 rings (SSSR count). The fraction of sp³-hybridized carbons (Fsp3) is 0.475.